The lowest BCUT2D eigenvalue weighted by atomic mass is 10.1. The summed E-state index contributed by atoms with van der Waals surface area (Å²) in [5.74, 6) is -1.31. The maximum atomic E-state index is 12.6. The van der Waals surface area contributed by atoms with Gasteiger partial charge in [0.2, 0.25) is 0 Å². The van der Waals surface area contributed by atoms with Gasteiger partial charge in [0.15, 0.2) is 0 Å². The summed E-state index contributed by atoms with van der Waals surface area (Å²) in [5, 5.41) is 17.9. The second-order valence-corrected chi connectivity index (χ2v) is 6.14. The topological polar surface area (TPSA) is 129 Å². The first kappa shape index (κ1) is 19.7. The number of amides is 1. The van der Waals surface area contributed by atoms with E-state index in [0.29, 0.717) is 0 Å². The van der Waals surface area contributed by atoms with Crippen LogP contribution in [-0.4, -0.2) is 38.7 Å². The van der Waals surface area contributed by atoms with Crippen LogP contribution in [0.5, 0.6) is 0 Å². The van der Waals surface area contributed by atoms with E-state index in [-0.39, 0.29) is 22.9 Å². The number of hydrogen-bond donors (Lipinski definition) is 1. The fourth-order valence-corrected chi connectivity index (χ4v) is 2.70. The van der Waals surface area contributed by atoms with Gasteiger partial charge in [-0.05, 0) is 30.7 Å². The van der Waals surface area contributed by atoms with Crippen LogP contribution in [0.1, 0.15) is 39.2 Å². The molecule has 0 bridgehead atoms. The first-order valence-electron chi connectivity index (χ1n) is 8.52. The molecule has 0 saturated heterocycles. The standard InChI is InChI=1S/C19H17N5O5/c1-12(13-3-5-16(6-4-13)23-11-20-10-21-23)22-18(25)14-7-15(19(26)29-2)9-17(8-14)24(27)28/h3-12H,1-2H3,(H,22,25)/t12-/m0/s1. The highest BCUT2D eigenvalue weighted by Gasteiger charge is 2.19. The highest BCUT2D eigenvalue weighted by Crippen LogP contribution is 2.20. The van der Waals surface area contributed by atoms with E-state index in [1.165, 1.54) is 12.4 Å². The number of aromatic nitrogens is 3. The molecule has 148 valence electrons. The van der Waals surface area contributed by atoms with Crippen molar-refractivity contribution in [2.24, 2.45) is 0 Å². The molecule has 0 spiro atoms. The maximum absolute atomic E-state index is 12.6. The zero-order valence-corrected chi connectivity index (χ0v) is 15.6. The number of carbonyl (C=O) groups excluding carboxylic acids is 2. The molecule has 0 aliphatic rings. The van der Waals surface area contributed by atoms with Crippen molar-refractivity contribution in [3.05, 3.63) is 81.9 Å². The second kappa shape index (κ2) is 8.30. The Bertz CT molecular complexity index is 1050. The molecule has 10 heteroatoms. The van der Waals surface area contributed by atoms with Crippen LogP contribution in [-0.2, 0) is 4.74 Å². The number of nitro groups is 1. The number of hydrogen-bond acceptors (Lipinski definition) is 7. The molecule has 29 heavy (non-hydrogen) atoms. The van der Waals surface area contributed by atoms with Crippen molar-refractivity contribution in [2.45, 2.75) is 13.0 Å². The molecular formula is C19H17N5O5. The smallest absolute Gasteiger partial charge is 0.338 e. The van der Waals surface area contributed by atoms with Crippen molar-refractivity contribution >= 4 is 17.6 Å². The summed E-state index contributed by atoms with van der Waals surface area (Å²) in [6, 6.07) is 10.4. The number of benzene rings is 2. The van der Waals surface area contributed by atoms with Crippen LogP contribution in [0.2, 0.25) is 0 Å². The van der Waals surface area contributed by atoms with Crippen molar-refractivity contribution in [1.82, 2.24) is 20.1 Å². The highest BCUT2D eigenvalue weighted by molar-refractivity contribution is 5.99. The van der Waals surface area contributed by atoms with E-state index in [4.69, 9.17) is 0 Å². The minimum atomic E-state index is -0.764. The molecule has 1 heterocycles. The van der Waals surface area contributed by atoms with Crippen LogP contribution in [0.25, 0.3) is 5.69 Å². The van der Waals surface area contributed by atoms with Gasteiger partial charge in [-0.15, -0.1) is 0 Å². The van der Waals surface area contributed by atoms with Gasteiger partial charge in [-0.1, -0.05) is 12.1 Å². The molecule has 10 nitrogen and oxygen atoms in total. The summed E-state index contributed by atoms with van der Waals surface area (Å²) in [4.78, 5) is 38.7. The first-order chi connectivity index (χ1) is 13.9. The monoisotopic (exact) mass is 395 g/mol. The lowest BCUT2D eigenvalue weighted by Gasteiger charge is -2.15. The number of carbonyl (C=O) groups is 2. The molecule has 3 rings (SSSR count). The predicted octanol–water partition coefficient (Wildman–Crippen LogP) is 2.45. The molecule has 3 aromatic rings. The Hall–Kier alpha value is -4.08. The van der Waals surface area contributed by atoms with E-state index < -0.39 is 16.8 Å². The van der Waals surface area contributed by atoms with Crippen LogP contribution in [0.4, 0.5) is 5.69 Å². The van der Waals surface area contributed by atoms with Gasteiger partial charge >= 0.3 is 5.97 Å². The van der Waals surface area contributed by atoms with Crippen molar-refractivity contribution in [3.63, 3.8) is 0 Å². The van der Waals surface area contributed by atoms with E-state index in [1.54, 1.807) is 17.9 Å². The lowest BCUT2D eigenvalue weighted by Crippen LogP contribution is -2.27. The fraction of sp³-hybridized carbons (Fsp3) is 0.158. The third-order valence-corrected chi connectivity index (χ3v) is 4.24. The third kappa shape index (κ3) is 4.43. The summed E-state index contributed by atoms with van der Waals surface area (Å²) in [5.41, 5.74) is 1.18. The SMILES string of the molecule is COC(=O)c1cc(C(=O)N[C@@H](C)c2ccc(-n3cncn3)cc2)cc([N+](=O)[O-])c1. The van der Waals surface area contributed by atoms with Gasteiger partial charge in [-0.2, -0.15) is 5.10 Å². The molecule has 2 aromatic carbocycles. The molecular weight excluding hydrogens is 378 g/mol. The number of methoxy groups -OCH3 is 1. The average Bonchev–Trinajstić information content (AvgIpc) is 3.27. The minimum absolute atomic E-state index is 0.00862. The summed E-state index contributed by atoms with van der Waals surface area (Å²) in [6.45, 7) is 1.78. The Morgan fingerprint density at radius 2 is 1.86 bits per heavy atom. The minimum Gasteiger partial charge on any atom is -0.465 e. The van der Waals surface area contributed by atoms with Crippen LogP contribution in [0.3, 0.4) is 0 Å². The molecule has 0 aliphatic carbocycles. The normalized spacial score (nSPS) is 11.5. The summed E-state index contributed by atoms with van der Waals surface area (Å²) >= 11 is 0. The van der Waals surface area contributed by atoms with Crippen molar-refractivity contribution in [3.8, 4) is 5.69 Å². The summed E-state index contributed by atoms with van der Waals surface area (Å²) < 4.78 is 6.19. The zero-order valence-electron chi connectivity index (χ0n) is 15.6. The molecule has 0 fully saturated rings. The first-order valence-corrected chi connectivity index (χ1v) is 8.52. The number of esters is 1. The molecule has 0 radical (unpaired) electrons. The Morgan fingerprint density at radius 1 is 1.17 bits per heavy atom. The number of ether oxygens (including phenoxy) is 1. The van der Waals surface area contributed by atoms with Gasteiger partial charge in [0.25, 0.3) is 11.6 Å². The quantitative estimate of drug-likeness (QED) is 0.385. The van der Waals surface area contributed by atoms with Crippen molar-refractivity contribution in [1.29, 1.82) is 0 Å². The van der Waals surface area contributed by atoms with Crippen LogP contribution in [0.15, 0.2) is 55.1 Å². The molecule has 1 N–H and O–H groups in total. The molecule has 0 unspecified atom stereocenters. The molecule has 1 atom stereocenters. The number of non-ortho nitro benzene ring substituents is 1. The number of nitro benzene ring substituents is 1. The van der Waals surface area contributed by atoms with E-state index in [2.05, 4.69) is 20.1 Å². The molecule has 0 aliphatic heterocycles. The van der Waals surface area contributed by atoms with E-state index in [0.717, 1.165) is 30.5 Å². The highest BCUT2D eigenvalue weighted by atomic mass is 16.6. The largest absolute Gasteiger partial charge is 0.465 e. The predicted molar refractivity (Wildman–Crippen MR) is 102 cm³/mol. The molecule has 1 amide bonds. The van der Waals surface area contributed by atoms with E-state index in [9.17, 15) is 19.7 Å². The lowest BCUT2D eigenvalue weighted by molar-refractivity contribution is -0.384. The third-order valence-electron chi connectivity index (χ3n) is 4.24. The van der Waals surface area contributed by atoms with E-state index >= 15 is 0 Å². The van der Waals surface area contributed by atoms with Crippen molar-refractivity contribution < 1.29 is 19.2 Å². The second-order valence-electron chi connectivity index (χ2n) is 6.14. The van der Waals surface area contributed by atoms with Crippen molar-refractivity contribution in [2.75, 3.05) is 7.11 Å². The summed E-state index contributed by atoms with van der Waals surface area (Å²) in [6.07, 6.45) is 3.00. The number of nitrogens with one attached hydrogen (secondary N) is 1. The van der Waals surface area contributed by atoms with Gasteiger partial charge in [0.1, 0.15) is 12.7 Å². The van der Waals surface area contributed by atoms with Crippen LogP contribution < -0.4 is 5.32 Å². The Labute approximate surface area is 165 Å². The van der Waals surface area contributed by atoms with E-state index in [1.807, 2.05) is 24.3 Å². The fourth-order valence-electron chi connectivity index (χ4n) is 2.70. The molecule has 0 saturated carbocycles. The number of rotatable bonds is 6. The van der Waals surface area contributed by atoms with Gasteiger partial charge in [-0.3, -0.25) is 14.9 Å². The Balaban J connectivity index is 1.79. The van der Waals surface area contributed by atoms with Gasteiger partial charge < -0.3 is 10.1 Å². The van der Waals surface area contributed by atoms with Crippen LogP contribution >= 0.6 is 0 Å². The van der Waals surface area contributed by atoms with Gasteiger partial charge in [0.05, 0.1) is 29.3 Å². The molecule has 1 aromatic heterocycles. The average molecular weight is 395 g/mol. The van der Waals surface area contributed by atoms with Gasteiger partial charge in [-0.25, -0.2) is 14.5 Å². The number of nitrogens with zero attached hydrogens (tertiary/aromatic N) is 4. The maximum Gasteiger partial charge on any atom is 0.338 e. The van der Waals surface area contributed by atoms with Crippen LogP contribution in [0, 0.1) is 10.1 Å². The summed E-state index contributed by atoms with van der Waals surface area (Å²) in [7, 11) is 1.16. The van der Waals surface area contributed by atoms with Gasteiger partial charge in [0, 0.05) is 17.7 Å². The zero-order chi connectivity index (χ0) is 21.0. The Morgan fingerprint density at radius 3 is 2.45 bits per heavy atom. The Kier molecular flexibility index (Phi) is 5.63.